The molecule has 0 bridgehead atoms. The lowest BCUT2D eigenvalue weighted by molar-refractivity contribution is 0.102. The number of rotatable bonds is 5. The number of hydrogen-bond acceptors (Lipinski definition) is 4. The van der Waals surface area contributed by atoms with Gasteiger partial charge in [-0.15, -0.1) is 11.3 Å². The van der Waals surface area contributed by atoms with E-state index in [9.17, 15) is 4.79 Å². The Bertz CT molecular complexity index is 1060. The third kappa shape index (κ3) is 3.80. The van der Waals surface area contributed by atoms with E-state index in [1.807, 2.05) is 59.3 Å². The number of thiazole rings is 1. The number of amides is 1. The van der Waals surface area contributed by atoms with Gasteiger partial charge in [0.15, 0.2) is 0 Å². The average molecular weight is 374 g/mol. The minimum absolute atomic E-state index is 0.234. The lowest BCUT2D eigenvalue weighted by Crippen LogP contribution is -2.16. The number of nitrogens with zero attached hydrogens (tertiary/aromatic N) is 3. The van der Waals surface area contributed by atoms with Gasteiger partial charge in [-0.3, -0.25) is 4.79 Å². The molecule has 0 fully saturated rings. The summed E-state index contributed by atoms with van der Waals surface area (Å²) in [5.41, 5.74) is 6.19. The second kappa shape index (κ2) is 7.55. The molecule has 4 rings (SSSR count). The Kier molecular flexibility index (Phi) is 4.80. The van der Waals surface area contributed by atoms with E-state index in [0.717, 1.165) is 22.4 Å². The van der Waals surface area contributed by atoms with E-state index in [1.165, 1.54) is 11.3 Å². The first kappa shape index (κ1) is 17.2. The first-order valence-corrected chi connectivity index (χ1v) is 9.52. The Morgan fingerprint density at radius 3 is 2.63 bits per heavy atom. The van der Waals surface area contributed by atoms with Crippen molar-refractivity contribution >= 4 is 23.1 Å². The Hall–Kier alpha value is -3.25. The van der Waals surface area contributed by atoms with Gasteiger partial charge in [-0.05, 0) is 18.1 Å². The summed E-state index contributed by atoms with van der Waals surface area (Å²) in [7, 11) is 0. The SMILES string of the molecule is Cc1ccccc1-c1cc(NC(=O)c2cscn2)n(Cc2ccccc2)n1. The summed E-state index contributed by atoms with van der Waals surface area (Å²) in [4.78, 5) is 16.6. The molecule has 2 aromatic carbocycles. The van der Waals surface area contributed by atoms with Gasteiger partial charge in [-0.2, -0.15) is 5.10 Å². The largest absolute Gasteiger partial charge is 0.305 e. The standard InChI is InChI=1S/C21H18N4OS/c1-15-7-5-6-10-17(15)18-11-20(23-21(26)19-13-27-14-22-19)25(24-18)12-16-8-3-2-4-9-16/h2-11,13-14H,12H2,1H3,(H,23,26). The van der Waals surface area contributed by atoms with Crippen LogP contribution in [0, 0.1) is 6.92 Å². The molecule has 0 unspecified atom stereocenters. The van der Waals surface area contributed by atoms with Crippen molar-refractivity contribution in [3.05, 3.63) is 88.4 Å². The molecule has 0 radical (unpaired) electrons. The van der Waals surface area contributed by atoms with Crippen LogP contribution in [-0.4, -0.2) is 20.7 Å². The summed E-state index contributed by atoms with van der Waals surface area (Å²) in [6.07, 6.45) is 0. The summed E-state index contributed by atoms with van der Waals surface area (Å²) < 4.78 is 1.82. The van der Waals surface area contributed by atoms with E-state index in [-0.39, 0.29) is 5.91 Å². The molecule has 0 atom stereocenters. The highest BCUT2D eigenvalue weighted by molar-refractivity contribution is 7.07. The number of hydrogen-bond donors (Lipinski definition) is 1. The summed E-state index contributed by atoms with van der Waals surface area (Å²) in [6, 6.07) is 20.1. The number of carbonyl (C=O) groups is 1. The fourth-order valence-electron chi connectivity index (χ4n) is 2.89. The van der Waals surface area contributed by atoms with Crippen molar-refractivity contribution < 1.29 is 4.79 Å². The number of aromatic nitrogens is 3. The normalized spacial score (nSPS) is 10.7. The molecule has 27 heavy (non-hydrogen) atoms. The van der Waals surface area contributed by atoms with Gasteiger partial charge in [-0.25, -0.2) is 9.67 Å². The lowest BCUT2D eigenvalue weighted by Gasteiger charge is -2.08. The minimum Gasteiger partial charge on any atom is -0.305 e. The molecule has 0 saturated carbocycles. The van der Waals surface area contributed by atoms with Crippen LogP contribution >= 0.6 is 11.3 Å². The van der Waals surface area contributed by atoms with Crippen molar-refractivity contribution in [2.45, 2.75) is 13.5 Å². The smallest absolute Gasteiger partial charge is 0.276 e. The number of anilines is 1. The molecule has 0 aliphatic heterocycles. The van der Waals surface area contributed by atoms with E-state index in [2.05, 4.69) is 23.3 Å². The predicted molar refractivity (Wildman–Crippen MR) is 108 cm³/mol. The Labute approximate surface area is 161 Å². The van der Waals surface area contributed by atoms with Crippen LogP contribution < -0.4 is 5.32 Å². The van der Waals surface area contributed by atoms with Crippen molar-refractivity contribution in [1.82, 2.24) is 14.8 Å². The molecule has 6 heteroatoms. The molecule has 1 amide bonds. The Balaban J connectivity index is 1.71. The van der Waals surface area contributed by atoms with E-state index in [4.69, 9.17) is 5.10 Å². The van der Waals surface area contributed by atoms with Crippen molar-refractivity contribution in [2.75, 3.05) is 5.32 Å². The van der Waals surface area contributed by atoms with Gasteiger partial charge >= 0.3 is 0 Å². The first-order valence-electron chi connectivity index (χ1n) is 8.58. The van der Waals surface area contributed by atoms with Crippen LogP contribution in [0.3, 0.4) is 0 Å². The molecule has 2 aromatic heterocycles. The molecular weight excluding hydrogens is 356 g/mol. The van der Waals surface area contributed by atoms with Crippen molar-refractivity contribution in [3.63, 3.8) is 0 Å². The number of nitrogens with one attached hydrogen (secondary N) is 1. The first-order chi connectivity index (χ1) is 13.2. The second-order valence-electron chi connectivity index (χ2n) is 6.20. The molecule has 2 heterocycles. The molecule has 0 aliphatic rings. The molecule has 0 aliphatic carbocycles. The molecule has 4 aromatic rings. The van der Waals surface area contributed by atoms with E-state index in [1.54, 1.807) is 10.9 Å². The maximum atomic E-state index is 12.5. The average Bonchev–Trinajstić information content (AvgIpc) is 3.34. The summed E-state index contributed by atoms with van der Waals surface area (Å²) in [5.74, 6) is 0.414. The van der Waals surface area contributed by atoms with E-state index < -0.39 is 0 Å². The minimum atomic E-state index is -0.234. The van der Waals surface area contributed by atoms with Crippen LogP contribution in [0.15, 0.2) is 71.6 Å². The number of benzene rings is 2. The number of aryl methyl sites for hydroxylation is 1. The third-order valence-corrected chi connectivity index (χ3v) is 4.87. The highest BCUT2D eigenvalue weighted by Gasteiger charge is 2.15. The van der Waals surface area contributed by atoms with Crippen molar-refractivity contribution in [1.29, 1.82) is 0 Å². The summed E-state index contributed by atoms with van der Waals surface area (Å²) in [5, 5.41) is 9.44. The maximum Gasteiger partial charge on any atom is 0.276 e. The molecule has 5 nitrogen and oxygen atoms in total. The third-order valence-electron chi connectivity index (χ3n) is 4.28. The van der Waals surface area contributed by atoms with Crippen molar-refractivity contribution in [2.24, 2.45) is 0 Å². The van der Waals surface area contributed by atoms with Gasteiger partial charge in [0.25, 0.3) is 5.91 Å². The van der Waals surface area contributed by atoms with Gasteiger partial charge in [0.1, 0.15) is 11.5 Å². The zero-order valence-corrected chi connectivity index (χ0v) is 15.6. The van der Waals surface area contributed by atoms with Crippen LogP contribution in [0.2, 0.25) is 0 Å². The Morgan fingerprint density at radius 1 is 1.11 bits per heavy atom. The zero-order chi connectivity index (χ0) is 18.6. The van der Waals surface area contributed by atoms with E-state index in [0.29, 0.717) is 18.1 Å². The van der Waals surface area contributed by atoms with Crippen LogP contribution in [0.25, 0.3) is 11.3 Å². The molecule has 0 saturated heterocycles. The monoisotopic (exact) mass is 374 g/mol. The number of carbonyl (C=O) groups excluding carboxylic acids is 1. The Morgan fingerprint density at radius 2 is 1.89 bits per heavy atom. The highest BCUT2D eigenvalue weighted by Crippen LogP contribution is 2.26. The van der Waals surface area contributed by atoms with Gasteiger partial charge < -0.3 is 5.32 Å². The molecule has 1 N–H and O–H groups in total. The van der Waals surface area contributed by atoms with Crippen molar-refractivity contribution in [3.8, 4) is 11.3 Å². The molecular formula is C21H18N4OS. The quantitative estimate of drug-likeness (QED) is 0.555. The second-order valence-corrected chi connectivity index (χ2v) is 6.92. The fraction of sp³-hybridized carbons (Fsp3) is 0.0952. The summed E-state index contributed by atoms with van der Waals surface area (Å²) >= 11 is 1.39. The summed E-state index contributed by atoms with van der Waals surface area (Å²) in [6.45, 7) is 2.62. The maximum absolute atomic E-state index is 12.5. The topological polar surface area (TPSA) is 59.8 Å². The van der Waals surface area contributed by atoms with Crippen LogP contribution in [0.5, 0.6) is 0 Å². The van der Waals surface area contributed by atoms with Gasteiger partial charge in [0.2, 0.25) is 0 Å². The van der Waals surface area contributed by atoms with Crippen LogP contribution in [-0.2, 0) is 6.54 Å². The van der Waals surface area contributed by atoms with Gasteiger partial charge in [0, 0.05) is 17.0 Å². The highest BCUT2D eigenvalue weighted by atomic mass is 32.1. The zero-order valence-electron chi connectivity index (χ0n) is 14.8. The predicted octanol–water partition coefficient (Wildman–Crippen LogP) is 4.62. The van der Waals surface area contributed by atoms with Gasteiger partial charge in [0.05, 0.1) is 17.7 Å². The fourth-order valence-corrected chi connectivity index (χ4v) is 3.42. The van der Waals surface area contributed by atoms with E-state index >= 15 is 0 Å². The van der Waals surface area contributed by atoms with Crippen LogP contribution in [0.4, 0.5) is 5.82 Å². The van der Waals surface area contributed by atoms with Gasteiger partial charge in [-0.1, -0.05) is 54.6 Å². The molecule has 134 valence electrons. The van der Waals surface area contributed by atoms with Crippen LogP contribution in [0.1, 0.15) is 21.6 Å². The lowest BCUT2D eigenvalue weighted by atomic mass is 10.1. The molecule has 0 spiro atoms.